The highest BCUT2D eigenvalue weighted by atomic mass is 16.5. The lowest BCUT2D eigenvalue weighted by molar-refractivity contribution is -0.132. The minimum Gasteiger partial charge on any atom is -0.484 e. The van der Waals surface area contributed by atoms with Crippen LogP contribution >= 0.6 is 0 Å². The van der Waals surface area contributed by atoms with Crippen molar-refractivity contribution in [3.8, 4) is 5.75 Å². The standard InChI is InChI=1S/C20H22N2O3/c1-2-13-22(14-12-16-6-4-3-5-7-16)19(23)15-25-18-10-8-17(9-11-18)20(21)24/h2-11H,1,12-15H2,(H2,21,24). The van der Waals surface area contributed by atoms with Gasteiger partial charge in [-0.25, -0.2) is 0 Å². The van der Waals surface area contributed by atoms with Crippen LogP contribution < -0.4 is 10.5 Å². The lowest BCUT2D eigenvalue weighted by atomic mass is 10.1. The van der Waals surface area contributed by atoms with Crippen LogP contribution in [0.3, 0.4) is 0 Å². The number of amides is 2. The van der Waals surface area contributed by atoms with E-state index in [9.17, 15) is 9.59 Å². The molecule has 25 heavy (non-hydrogen) atoms. The largest absolute Gasteiger partial charge is 0.484 e. The van der Waals surface area contributed by atoms with E-state index < -0.39 is 5.91 Å². The minimum absolute atomic E-state index is 0.0709. The van der Waals surface area contributed by atoms with Crippen LogP contribution in [0.15, 0.2) is 67.3 Å². The maximum absolute atomic E-state index is 12.4. The average molecular weight is 338 g/mol. The van der Waals surface area contributed by atoms with Gasteiger partial charge in [-0.2, -0.15) is 0 Å². The van der Waals surface area contributed by atoms with E-state index in [1.165, 1.54) is 5.56 Å². The first-order chi connectivity index (χ1) is 12.1. The van der Waals surface area contributed by atoms with Gasteiger partial charge >= 0.3 is 0 Å². The average Bonchev–Trinajstić information content (AvgIpc) is 2.64. The fourth-order valence-corrected chi connectivity index (χ4v) is 2.33. The van der Waals surface area contributed by atoms with Crippen LogP contribution in [0, 0.1) is 0 Å². The highest BCUT2D eigenvalue weighted by Crippen LogP contribution is 2.12. The van der Waals surface area contributed by atoms with Gasteiger partial charge in [0.25, 0.3) is 5.91 Å². The number of hydrogen-bond donors (Lipinski definition) is 1. The number of carbonyl (C=O) groups excluding carboxylic acids is 2. The van der Waals surface area contributed by atoms with Crippen molar-refractivity contribution in [3.63, 3.8) is 0 Å². The molecule has 130 valence electrons. The molecule has 2 aromatic carbocycles. The molecule has 0 aliphatic rings. The Bertz CT molecular complexity index is 711. The minimum atomic E-state index is -0.499. The monoisotopic (exact) mass is 338 g/mol. The molecule has 0 saturated heterocycles. The molecule has 0 atom stereocenters. The smallest absolute Gasteiger partial charge is 0.260 e. The molecule has 0 unspecified atom stereocenters. The maximum atomic E-state index is 12.4. The molecule has 0 saturated carbocycles. The number of benzene rings is 2. The summed E-state index contributed by atoms with van der Waals surface area (Å²) in [6.07, 6.45) is 2.47. The predicted molar refractivity (Wildman–Crippen MR) is 97.4 cm³/mol. The molecule has 5 heteroatoms. The summed E-state index contributed by atoms with van der Waals surface area (Å²) in [6.45, 7) is 4.70. The molecule has 0 aliphatic heterocycles. The van der Waals surface area contributed by atoms with Gasteiger partial charge in [0.2, 0.25) is 5.91 Å². The molecule has 0 spiro atoms. The molecule has 2 rings (SSSR count). The van der Waals surface area contributed by atoms with Gasteiger partial charge in [-0.15, -0.1) is 6.58 Å². The van der Waals surface area contributed by atoms with Crippen LogP contribution in [-0.2, 0) is 11.2 Å². The molecule has 2 amide bonds. The Kier molecular flexibility index (Phi) is 6.77. The van der Waals surface area contributed by atoms with Crippen LogP contribution in [0.5, 0.6) is 5.75 Å². The number of primary amides is 1. The fraction of sp³-hybridized carbons (Fsp3) is 0.200. The van der Waals surface area contributed by atoms with E-state index in [1.54, 1.807) is 35.2 Å². The van der Waals surface area contributed by atoms with E-state index in [1.807, 2.05) is 30.3 Å². The van der Waals surface area contributed by atoms with Gasteiger partial charge in [0.05, 0.1) is 0 Å². The van der Waals surface area contributed by atoms with Crippen LogP contribution in [0.1, 0.15) is 15.9 Å². The Balaban J connectivity index is 1.88. The molecular weight excluding hydrogens is 316 g/mol. The third kappa shape index (κ3) is 5.80. The van der Waals surface area contributed by atoms with Crippen LogP contribution in [0.4, 0.5) is 0 Å². The van der Waals surface area contributed by atoms with Crippen LogP contribution in [0.2, 0.25) is 0 Å². The Labute approximate surface area is 147 Å². The number of rotatable bonds is 9. The second-order valence-corrected chi connectivity index (χ2v) is 5.54. The van der Waals surface area contributed by atoms with Gasteiger partial charge in [-0.05, 0) is 36.2 Å². The number of nitrogens with zero attached hydrogens (tertiary/aromatic N) is 1. The van der Waals surface area contributed by atoms with E-state index in [-0.39, 0.29) is 12.5 Å². The highest BCUT2D eigenvalue weighted by Gasteiger charge is 2.13. The van der Waals surface area contributed by atoms with Crippen molar-refractivity contribution in [1.29, 1.82) is 0 Å². The lowest BCUT2D eigenvalue weighted by Gasteiger charge is -2.21. The Morgan fingerprint density at radius 1 is 1.08 bits per heavy atom. The summed E-state index contributed by atoms with van der Waals surface area (Å²) in [6, 6.07) is 16.4. The molecule has 0 fully saturated rings. The van der Waals surface area contributed by atoms with Gasteiger partial charge < -0.3 is 15.4 Å². The second kappa shape index (κ2) is 9.27. The zero-order chi connectivity index (χ0) is 18.1. The van der Waals surface area contributed by atoms with Crippen LogP contribution in [0.25, 0.3) is 0 Å². The molecule has 0 radical (unpaired) electrons. The summed E-state index contributed by atoms with van der Waals surface area (Å²) >= 11 is 0. The van der Waals surface area contributed by atoms with Crippen molar-refractivity contribution in [2.45, 2.75) is 6.42 Å². The molecule has 0 bridgehead atoms. The molecule has 0 aliphatic carbocycles. The predicted octanol–water partition coefficient (Wildman–Crippen LogP) is 2.42. The summed E-state index contributed by atoms with van der Waals surface area (Å²) in [7, 11) is 0. The summed E-state index contributed by atoms with van der Waals surface area (Å²) in [5.41, 5.74) is 6.76. The normalized spacial score (nSPS) is 10.1. The Morgan fingerprint density at radius 3 is 2.36 bits per heavy atom. The zero-order valence-electron chi connectivity index (χ0n) is 14.1. The first-order valence-electron chi connectivity index (χ1n) is 8.05. The first kappa shape index (κ1) is 18.3. The van der Waals surface area contributed by atoms with Crippen molar-refractivity contribution in [2.24, 2.45) is 5.73 Å². The fourth-order valence-electron chi connectivity index (χ4n) is 2.33. The molecule has 2 aromatic rings. The molecule has 5 nitrogen and oxygen atoms in total. The van der Waals surface area contributed by atoms with Gasteiger partial charge in [0.1, 0.15) is 5.75 Å². The van der Waals surface area contributed by atoms with Crippen molar-refractivity contribution in [2.75, 3.05) is 19.7 Å². The van der Waals surface area contributed by atoms with Gasteiger partial charge in [0, 0.05) is 18.7 Å². The summed E-state index contributed by atoms with van der Waals surface area (Å²) in [5, 5.41) is 0. The van der Waals surface area contributed by atoms with E-state index in [0.717, 1.165) is 6.42 Å². The van der Waals surface area contributed by atoms with Crippen molar-refractivity contribution >= 4 is 11.8 Å². The van der Waals surface area contributed by atoms with Crippen molar-refractivity contribution in [3.05, 3.63) is 78.4 Å². The number of carbonyl (C=O) groups is 2. The number of nitrogens with two attached hydrogens (primary N) is 1. The van der Waals surface area contributed by atoms with Gasteiger partial charge in [-0.3, -0.25) is 9.59 Å². The number of ether oxygens (including phenoxy) is 1. The maximum Gasteiger partial charge on any atom is 0.260 e. The Morgan fingerprint density at radius 2 is 1.76 bits per heavy atom. The highest BCUT2D eigenvalue weighted by molar-refractivity contribution is 5.92. The Hall–Kier alpha value is -3.08. The van der Waals surface area contributed by atoms with Gasteiger partial charge in [-0.1, -0.05) is 36.4 Å². The van der Waals surface area contributed by atoms with E-state index in [4.69, 9.17) is 10.5 Å². The van der Waals surface area contributed by atoms with Crippen LogP contribution in [-0.4, -0.2) is 36.4 Å². The van der Waals surface area contributed by atoms with E-state index >= 15 is 0 Å². The first-order valence-corrected chi connectivity index (χ1v) is 8.05. The SMILES string of the molecule is C=CCN(CCc1ccccc1)C(=O)COc1ccc(C(N)=O)cc1. The molecule has 0 heterocycles. The molecular formula is C20H22N2O3. The summed E-state index contributed by atoms with van der Waals surface area (Å²) in [4.78, 5) is 25.1. The second-order valence-electron chi connectivity index (χ2n) is 5.54. The molecule has 0 aromatic heterocycles. The quantitative estimate of drug-likeness (QED) is 0.714. The third-order valence-corrected chi connectivity index (χ3v) is 3.72. The summed E-state index contributed by atoms with van der Waals surface area (Å²) < 4.78 is 5.50. The molecule has 2 N–H and O–H groups in total. The third-order valence-electron chi connectivity index (χ3n) is 3.72. The summed E-state index contributed by atoms with van der Waals surface area (Å²) in [5.74, 6) is -0.101. The zero-order valence-corrected chi connectivity index (χ0v) is 14.1. The lowest BCUT2D eigenvalue weighted by Crippen LogP contribution is -2.36. The van der Waals surface area contributed by atoms with E-state index in [0.29, 0.717) is 24.4 Å². The van der Waals surface area contributed by atoms with Crippen molar-refractivity contribution < 1.29 is 14.3 Å². The van der Waals surface area contributed by atoms with Crippen molar-refractivity contribution in [1.82, 2.24) is 4.90 Å². The number of hydrogen-bond acceptors (Lipinski definition) is 3. The van der Waals surface area contributed by atoms with Gasteiger partial charge in [0.15, 0.2) is 6.61 Å². The topological polar surface area (TPSA) is 72.6 Å². The van der Waals surface area contributed by atoms with E-state index in [2.05, 4.69) is 6.58 Å².